The van der Waals surface area contributed by atoms with Crippen LogP contribution in [0.25, 0.3) is 16.5 Å². The number of hydrogen-bond donors (Lipinski definition) is 1. The van der Waals surface area contributed by atoms with Crippen molar-refractivity contribution in [3.63, 3.8) is 0 Å². The normalized spacial score (nSPS) is 10.9. The van der Waals surface area contributed by atoms with E-state index in [4.69, 9.17) is 4.74 Å². The molecule has 0 aliphatic rings. The molecule has 3 rings (SSSR count). The van der Waals surface area contributed by atoms with E-state index in [0.717, 1.165) is 21.7 Å². The molecule has 7 heteroatoms. The van der Waals surface area contributed by atoms with Crippen molar-refractivity contribution >= 4 is 51.3 Å². The van der Waals surface area contributed by atoms with Gasteiger partial charge in [-0.15, -0.1) is 22.7 Å². The van der Waals surface area contributed by atoms with Gasteiger partial charge >= 0.3 is 5.97 Å². The Bertz CT molecular complexity index is 1000. The quantitative estimate of drug-likeness (QED) is 0.407. The number of ether oxygens (including phenoxy) is 1. The zero-order valence-electron chi connectivity index (χ0n) is 16.5. The minimum absolute atomic E-state index is 0.273. The molecule has 1 amide bonds. The predicted molar refractivity (Wildman–Crippen MR) is 122 cm³/mol. The van der Waals surface area contributed by atoms with Crippen LogP contribution in [-0.4, -0.2) is 32.6 Å². The number of carbonyl (C=O) groups is 2. The summed E-state index contributed by atoms with van der Waals surface area (Å²) >= 11 is 2.86. The number of esters is 1. The lowest BCUT2D eigenvalue weighted by atomic mass is 10.1. The first-order chi connectivity index (χ1) is 14.0. The number of benzene rings is 1. The summed E-state index contributed by atoms with van der Waals surface area (Å²) < 4.78 is 5.21. The molecule has 0 aliphatic heterocycles. The van der Waals surface area contributed by atoms with Crippen LogP contribution in [0.5, 0.6) is 0 Å². The fourth-order valence-electron chi connectivity index (χ4n) is 2.68. The second-order valence-electron chi connectivity index (χ2n) is 6.36. The molecule has 0 unspecified atom stereocenters. The molecule has 3 aromatic rings. The third-order valence-electron chi connectivity index (χ3n) is 4.13. The number of anilines is 2. The lowest BCUT2D eigenvalue weighted by molar-refractivity contribution is -0.111. The van der Waals surface area contributed by atoms with Crippen molar-refractivity contribution in [3.05, 3.63) is 64.4 Å². The van der Waals surface area contributed by atoms with Gasteiger partial charge in [0.2, 0.25) is 5.91 Å². The van der Waals surface area contributed by atoms with E-state index in [9.17, 15) is 9.59 Å². The summed E-state index contributed by atoms with van der Waals surface area (Å²) in [6, 6.07) is 11.7. The van der Waals surface area contributed by atoms with Gasteiger partial charge in [0, 0.05) is 41.7 Å². The molecule has 1 aromatic carbocycles. The van der Waals surface area contributed by atoms with Crippen LogP contribution in [0.15, 0.2) is 53.2 Å². The number of carbonyl (C=O) groups excluding carboxylic acids is 2. The maximum Gasteiger partial charge on any atom is 0.341 e. The SMILES string of the molecule is CCOC(=O)c1c(-c2cccs2)csc1NC(=O)C=Cc1ccc(N(C)C)cc1. The minimum atomic E-state index is -0.435. The average Bonchev–Trinajstić information content (AvgIpc) is 3.36. The molecule has 5 nitrogen and oxygen atoms in total. The largest absolute Gasteiger partial charge is 0.462 e. The summed E-state index contributed by atoms with van der Waals surface area (Å²) in [5.41, 5.74) is 3.19. The van der Waals surface area contributed by atoms with E-state index >= 15 is 0 Å². The highest BCUT2D eigenvalue weighted by atomic mass is 32.1. The van der Waals surface area contributed by atoms with Crippen molar-refractivity contribution < 1.29 is 14.3 Å². The van der Waals surface area contributed by atoms with Gasteiger partial charge in [-0.3, -0.25) is 4.79 Å². The summed E-state index contributed by atoms with van der Waals surface area (Å²) in [6.45, 7) is 2.03. The average molecular weight is 427 g/mol. The van der Waals surface area contributed by atoms with Crippen molar-refractivity contribution in [2.45, 2.75) is 6.92 Å². The fourth-order valence-corrected chi connectivity index (χ4v) is 4.45. The van der Waals surface area contributed by atoms with Crippen LogP contribution < -0.4 is 10.2 Å². The highest BCUT2D eigenvalue weighted by molar-refractivity contribution is 7.17. The molecule has 0 radical (unpaired) electrons. The third-order valence-corrected chi connectivity index (χ3v) is 5.93. The van der Waals surface area contributed by atoms with Gasteiger partial charge in [-0.05, 0) is 42.1 Å². The Morgan fingerprint density at radius 3 is 2.52 bits per heavy atom. The Balaban J connectivity index is 1.78. The molecule has 0 saturated heterocycles. The zero-order chi connectivity index (χ0) is 20.8. The van der Waals surface area contributed by atoms with E-state index < -0.39 is 5.97 Å². The van der Waals surface area contributed by atoms with Gasteiger partial charge in [-0.2, -0.15) is 0 Å². The Kier molecular flexibility index (Phi) is 6.85. The summed E-state index contributed by atoms with van der Waals surface area (Å²) in [6.07, 6.45) is 3.21. The maximum absolute atomic E-state index is 12.5. The van der Waals surface area contributed by atoms with Gasteiger partial charge in [-0.1, -0.05) is 18.2 Å². The number of nitrogens with zero attached hydrogens (tertiary/aromatic N) is 1. The maximum atomic E-state index is 12.5. The second-order valence-corrected chi connectivity index (χ2v) is 8.19. The van der Waals surface area contributed by atoms with Crippen LogP contribution in [0, 0.1) is 0 Å². The van der Waals surface area contributed by atoms with Crippen molar-refractivity contribution in [3.8, 4) is 10.4 Å². The Morgan fingerprint density at radius 2 is 1.90 bits per heavy atom. The molecule has 0 saturated carbocycles. The molecule has 0 spiro atoms. The van der Waals surface area contributed by atoms with Crippen LogP contribution in [0.4, 0.5) is 10.7 Å². The molecule has 0 atom stereocenters. The molecule has 150 valence electrons. The first-order valence-corrected chi connectivity index (χ1v) is 10.8. The summed E-state index contributed by atoms with van der Waals surface area (Å²) in [5, 5.41) is 7.13. The van der Waals surface area contributed by atoms with Gasteiger partial charge in [-0.25, -0.2) is 4.79 Å². The van der Waals surface area contributed by atoms with E-state index in [1.165, 1.54) is 28.7 Å². The first-order valence-electron chi connectivity index (χ1n) is 9.08. The van der Waals surface area contributed by atoms with Crippen molar-refractivity contribution in [2.24, 2.45) is 0 Å². The number of nitrogens with one attached hydrogen (secondary N) is 1. The Hall–Kier alpha value is -2.90. The first kappa shape index (κ1) is 20.8. The second kappa shape index (κ2) is 9.54. The molecular formula is C22H22N2O3S2. The molecule has 0 fully saturated rings. The molecule has 2 heterocycles. The third kappa shape index (κ3) is 5.13. The highest BCUT2D eigenvalue weighted by Gasteiger charge is 2.22. The van der Waals surface area contributed by atoms with Crippen LogP contribution in [0.3, 0.4) is 0 Å². The molecule has 29 heavy (non-hydrogen) atoms. The Labute approximate surface area is 178 Å². The molecule has 0 aliphatic carbocycles. The van der Waals surface area contributed by atoms with E-state index in [2.05, 4.69) is 5.32 Å². The van der Waals surface area contributed by atoms with E-state index in [-0.39, 0.29) is 12.5 Å². The lowest BCUT2D eigenvalue weighted by Gasteiger charge is -2.11. The van der Waals surface area contributed by atoms with Gasteiger partial charge in [0.1, 0.15) is 10.6 Å². The highest BCUT2D eigenvalue weighted by Crippen LogP contribution is 2.38. The molecule has 1 N–H and O–H groups in total. The summed E-state index contributed by atoms with van der Waals surface area (Å²) in [5.74, 6) is -0.734. The van der Waals surface area contributed by atoms with Gasteiger partial charge < -0.3 is 15.0 Å². The lowest BCUT2D eigenvalue weighted by Crippen LogP contribution is -2.12. The monoisotopic (exact) mass is 426 g/mol. The molecule has 0 bridgehead atoms. The van der Waals surface area contributed by atoms with Crippen molar-refractivity contribution in [2.75, 3.05) is 30.9 Å². The number of amides is 1. The van der Waals surface area contributed by atoms with Crippen LogP contribution >= 0.6 is 22.7 Å². The predicted octanol–water partition coefficient (Wildman–Crippen LogP) is 5.37. The summed E-state index contributed by atoms with van der Waals surface area (Å²) in [7, 11) is 3.95. The van der Waals surface area contributed by atoms with E-state index in [0.29, 0.717) is 10.6 Å². The van der Waals surface area contributed by atoms with E-state index in [1.54, 1.807) is 13.0 Å². The van der Waals surface area contributed by atoms with Crippen LogP contribution in [0.2, 0.25) is 0 Å². The molecule has 2 aromatic heterocycles. The van der Waals surface area contributed by atoms with E-state index in [1.807, 2.05) is 66.2 Å². The zero-order valence-corrected chi connectivity index (χ0v) is 18.1. The number of rotatable bonds is 7. The Morgan fingerprint density at radius 1 is 1.14 bits per heavy atom. The molecular weight excluding hydrogens is 404 g/mol. The smallest absolute Gasteiger partial charge is 0.341 e. The van der Waals surface area contributed by atoms with Gasteiger partial charge in [0.05, 0.1) is 6.61 Å². The van der Waals surface area contributed by atoms with Crippen molar-refractivity contribution in [1.29, 1.82) is 0 Å². The summed E-state index contributed by atoms with van der Waals surface area (Å²) in [4.78, 5) is 27.9. The topological polar surface area (TPSA) is 58.6 Å². The van der Waals surface area contributed by atoms with Gasteiger partial charge in [0.25, 0.3) is 0 Å². The van der Waals surface area contributed by atoms with Crippen molar-refractivity contribution in [1.82, 2.24) is 0 Å². The number of hydrogen-bond acceptors (Lipinski definition) is 6. The van der Waals surface area contributed by atoms with Crippen LogP contribution in [0.1, 0.15) is 22.8 Å². The minimum Gasteiger partial charge on any atom is -0.462 e. The fraction of sp³-hybridized carbons (Fsp3) is 0.182. The van der Waals surface area contributed by atoms with Crippen LogP contribution in [-0.2, 0) is 9.53 Å². The standard InChI is InChI=1S/C22H22N2O3S2/c1-4-27-22(26)20-17(18-6-5-13-28-18)14-29-21(20)23-19(25)12-9-15-7-10-16(11-8-15)24(2)3/h5-14H,4H2,1-3H3,(H,23,25). The van der Waals surface area contributed by atoms with Gasteiger partial charge in [0.15, 0.2) is 0 Å². The number of thiophene rings is 2.